The van der Waals surface area contributed by atoms with E-state index < -0.39 is 11.0 Å². The zero-order chi connectivity index (χ0) is 23.7. The molecule has 3 aromatic rings. The van der Waals surface area contributed by atoms with Gasteiger partial charge in [-0.15, -0.1) is 0 Å². The summed E-state index contributed by atoms with van der Waals surface area (Å²) in [6.45, 7) is 2.56. The number of non-ortho nitro benzene ring substituents is 1. The van der Waals surface area contributed by atoms with Crippen molar-refractivity contribution >= 4 is 22.8 Å². The van der Waals surface area contributed by atoms with E-state index in [0.29, 0.717) is 25.0 Å². The molecular weight excluding hydrogens is 430 g/mol. The molecule has 1 aliphatic heterocycles. The first-order valence-electron chi connectivity index (χ1n) is 11.4. The predicted molar refractivity (Wildman–Crippen MR) is 131 cm³/mol. The summed E-state index contributed by atoms with van der Waals surface area (Å²) in [5, 5.41) is 18.1. The molecule has 0 saturated carbocycles. The van der Waals surface area contributed by atoms with Crippen LogP contribution in [0.5, 0.6) is 5.75 Å². The van der Waals surface area contributed by atoms with E-state index in [0.717, 1.165) is 33.9 Å². The topological polar surface area (TPSA) is 93.5 Å². The number of Topliss-reactive ketones (excluding diaryl/α,β-unsaturated/α-hetero) is 1. The number of nitrogens with zero attached hydrogens (tertiary/aromatic N) is 1. The Balaban J connectivity index is 1.53. The van der Waals surface area contributed by atoms with Crippen LogP contribution in [0.4, 0.5) is 17.1 Å². The molecule has 172 valence electrons. The second-order valence-electron chi connectivity index (χ2n) is 8.52. The second-order valence-corrected chi connectivity index (χ2v) is 8.52. The molecule has 3 aromatic carbocycles. The van der Waals surface area contributed by atoms with Gasteiger partial charge in [-0.25, -0.2) is 0 Å². The Morgan fingerprint density at radius 1 is 0.941 bits per heavy atom. The van der Waals surface area contributed by atoms with Crippen molar-refractivity contribution in [3.8, 4) is 5.75 Å². The SMILES string of the molecule is CCOc1ccc(C2CC(=O)C3=C(C2)Nc2ccccc2NC3c2ccc([N+](=O)[O-])cc2)cc1. The molecule has 7 heteroatoms. The third-order valence-electron chi connectivity index (χ3n) is 6.41. The molecular formula is C27H25N3O4. The lowest BCUT2D eigenvalue weighted by Gasteiger charge is -2.30. The molecule has 1 heterocycles. The summed E-state index contributed by atoms with van der Waals surface area (Å²) in [5.41, 5.74) is 5.29. The number of nitro benzene ring substituents is 1. The minimum atomic E-state index is -0.418. The number of ether oxygens (including phenoxy) is 1. The summed E-state index contributed by atoms with van der Waals surface area (Å²) < 4.78 is 5.56. The van der Waals surface area contributed by atoms with Crippen molar-refractivity contribution in [2.24, 2.45) is 0 Å². The van der Waals surface area contributed by atoms with Crippen LogP contribution in [0.2, 0.25) is 0 Å². The third kappa shape index (κ3) is 4.12. The van der Waals surface area contributed by atoms with Crippen molar-refractivity contribution in [3.63, 3.8) is 0 Å². The van der Waals surface area contributed by atoms with Crippen molar-refractivity contribution < 1.29 is 14.5 Å². The van der Waals surface area contributed by atoms with Gasteiger partial charge in [0.05, 0.1) is 28.9 Å². The minimum Gasteiger partial charge on any atom is -0.494 e. The Morgan fingerprint density at radius 2 is 1.62 bits per heavy atom. The van der Waals surface area contributed by atoms with Crippen LogP contribution in [0, 0.1) is 10.1 Å². The number of carbonyl (C=O) groups excluding carboxylic acids is 1. The number of ketones is 1. The average Bonchev–Trinajstić information content (AvgIpc) is 3.02. The highest BCUT2D eigenvalue weighted by atomic mass is 16.6. The van der Waals surface area contributed by atoms with Gasteiger partial charge in [0, 0.05) is 29.8 Å². The van der Waals surface area contributed by atoms with Gasteiger partial charge in [-0.3, -0.25) is 14.9 Å². The van der Waals surface area contributed by atoms with E-state index >= 15 is 0 Å². The zero-order valence-corrected chi connectivity index (χ0v) is 18.8. The molecule has 1 aliphatic carbocycles. The van der Waals surface area contributed by atoms with Crippen LogP contribution in [-0.4, -0.2) is 17.3 Å². The molecule has 0 amide bonds. The predicted octanol–water partition coefficient (Wildman–Crippen LogP) is 5.97. The number of nitro groups is 1. The number of rotatable bonds is 5. The highest BCUT2D eigenvalue weighted by Gasteiger charge is 2.36. The summed E-state index contributed by atoms with van der Waals surface area (Å²) in [5.74, 6) is 0.936. The van der Waals surface area contributed by atoms with E-state index in [1.165, 1.54) is 12.1 Å². The molecule has 2 aliphatic rings. The van der Waals surface area contributed by atoms with E-state index in [1.807, 2.05) is 55.5 Å². The van der Waals surface area contributed by atoms with Crippen LogP contribution in [0.3, 0.4) is 0 Å². The summed E-state index contributed by atoms with van der Waals surface area (Å²) in [7, 11) is 0. The number of hydrogen-bond acceptors (Lipinski definition) is 6. The monoisotopic (exact) mass is 455 g/mol. The Bertz CT molecular complexity index is 1270. The average molecular weight is 456 g/mol. The molecule has 2 unspecified atom stereocenters. The molecule has 0 aromatic heterocycles. The highest BCUT2D eigenvalue weighted by Crippen LogP contribution is 2.44. The molecule has 5 rings (SSSR count). The maximum atomic E-state index is 13.6. The van der Waals surface area contributed by atoms with E-state index in [-0.39, 0.29) is 17.4 Å². The molecule has 2 atom stereocenters. The number of carbonyl (C=O) groups is 1. The van der Waals surface area contributed by atoms with Gasteiger partial charge in [-0.05, 0) is 66.8 Å². The number of benzene rings is 3. The Morgan fingerprint density at radius 3 is 2.29 bits per heavy atom. The number of fused-ring (bicyclic) bond motifs is 1. The standard InChI is InChI=1S/C27H25N3O4/c1-2-34-21-13-9-17(10-14-21)19-15-24-26(25(31)16-19)27(18-7-11-20(12-8-18)30(32)33)29-23-6-4-3-5-22(23)28-24/h3-14,19,27-29H,2,15-16H2,1H3. The van der Waals surface area contributed by atoms with E-state index in [4.69, 9.17) is 4.74 Å². The van der Waals surface area contributed by atoms with Crippen molar-refractivity contribution in [2.45, 2.75) is 31.7 Å². The molecule has 7 nitrogen and oxygen atoms in total. The Labute approximate surface area is 197 Å². The Kier molecular flexibility index (Phi) is 5.76. The number of para-hydroxylation sites is 2. The summed E-state index contributed by atoms with van der Waals surface area (Å²) in [6, 6.07) is 21.8. The molecule has 0 saturated heterocycles. The van der Waals surface area contributed by atoms with Gasteiger partial charge < -0.3 is 15.4 Å². The number of nitrogens with one attached hydrogen (secondary N) is 2. The van der Waals surface area contributed by atoms with Crippen molar-refractivity contribution in [1.82, 2.24) is 0 Å². The van der Waals surface area contributed by atoms with E-state index in [2.05, 4.69) is 10.6 Å². The molecule has 0 radical (unpaired) electrons. The second kappa shape index (κ2) is 9.02. The zero-order valence-electron chi connectivity index (χ0n) is 18.8. The van der Waals surface area contributed by atoms with Crippen molar-refractivity contribution in [2.75, 3.05) is 17.2 Å². The smallest absolute Gasteiger partial charge is 0.269 e. The van der Waals surface area contributed by atoms with Crippen LogP contribution in [0.15, 0.2) is 84.1 Å². The van der Waals surface area contributed by atoms with Crippen molar-refractivity contribution in [1.29, 1.82) is 0 Å². The third-order valence-corrected chi connectivity index (χ3v) is 6.41. The normalized spacial score (nSPS) is 19.3. The first kappa shape index (κ1) is 21.7. The molecule has 0 bridgehead atoms. The largest absolute Gasteiger partial charge is 0.494 e. The minimum absolute atomic E-state index is 0.0237. The summed E-state index contributed by atoms with van der Waals surface area (Å²) in [4.78, 5) is 24.3. The quantitative estimate of drug-likeness (QED) is 0.363. The van der Waals surface area contributed by atoms with Gasteiger partial charge in [0.15, 0.2) is 5.78 Å². The van der Waals surface area contributed by atoms with Gasteiger partial charge in [0.2, 0.25) is 0 Å². The van der Waals surface area contributed by atoms with Crippen molar-refractivity contribution in [3.05, 3.63) is 105 Å². The summed E-state index contributed by atoms with van der Waals surface area (Å²) >= 11 is 0. The highest BCUT2D eigenvalue weighted by molar-refractivity contribution is 6.01. The van der Waals surface area contributed by atoms with Crippen LogP contribution < -0.4 is 15.4 Å². The van der Waals surface area contributed by atoms with Crippen LogP contribution in [0.25, 0.3) is 0 Å². The van der Waals surface area contributed by atoms with Gasteiger partial charge in [-0.1, -0.05) is 24.3 Å². The van der Waals surface area contributed by atoms with Gasteiger partial charge >= 0.3 is 0 Å². The maximum absolute atomic E-state index is 13.6. The fourth-order valence-electron chi connectivity index (χ4n) is 4.77. The molecule has 0 spiro atoms. The van der Waals surface area contributed by atoms with E-state index in [9.17, 15) is 14.9 Å². The van der Waals surface area contributed by atoms with Gasteiger partial charge in [-0.2, -0.15) is 0 Å². The lowest BCUT2D eigenvalue weighted by molar-refractivity contribution is -0.384. The number of anilines is 2. The lowest BCUT2D eigenvalue weighted by atomic mass is 9.78. The first-order chi connectivity index (χ1) is 16.5. The number of allylic oxidation sites excluding steroid dienone is 1. The first-order valence-corrected chi connectivity index (χ1v) is 11.4. The van der Waals surface area contributed by atoms with Crippen LogP contribution >= 0.6 is 0 Å². The van der Waals surface area contributed by atoms with Gasteiger partial charge in [0.25, 0.3) is 5.69 Å². The van der Waals surface area contributed by atoms with Gasteiger partial charge in [0.1, 0.15) is 5.75 Å². The maximum Gasteiger partial charge on any atom is 0.269 e. The number of hydrogen-bond donors (Lipinski definition) is 2. The summed E-state index contributed by atoms with van der Waals surface area (Å²) in [6.07, 6.45) is 1.09. The fourth-order valence-corrected chi connectivity index (χ4v) is 4.77. The van der Waals surface area contributed by atoms with E-state index in [1.54, 1.807) is 12.1 Å². The molecule has 2 N–H and O–H groups in total. The van der Waals surface area contributed by atoms with Crippen LogP contribution in [-0.2, 0) is 4.79 Å². The molecule has 34 heavy (non-hydrogen) atoms. The Hall–Kier alpha value is -4.13. The molecule has 0 fully saturated rings. The fraction of sp³-hybridized carbons (Fsp3) is 0.222. The van der Waals surface area contributed by atoms with Crippen LogP contribution in [0.1, 0.15) is 42.9 Å². The lowest BCUT2D eigenvalue weighted by Crippen LogP contribution is -2.26.